The third-order valence-corrected chi connectivity index (χ3v) is 5.85. The Morgan fingerprint density at radius 3 is 2.47 bits per heavy atom. The highest BCUT2D eigenvalue weighted by Gasteiger charge is 2.49. The fourth-order valence-corrected chi connectivity index (χ4v) is 4.11. The van der Waals surface area contributed by atoms with Crippen LogP contribution in [0.2, 0.25) is 0 Å². The molecule has 6 nitrogen and oxygen atoms in total. The zero-order valence-electron chi connectivity index (χ0n) is 18.3. The van der Waals surface area contributed by atoms with E-state index in [0.29, 0.717) is 13.2 Å². The van der Waals surface area contributed by atoms with E-state index in [1.165, 1.54) is 0 Å². The largest absolute Gasteiger partial charge is 0.497 e. The third kappa shape index (κ3) is 4.26. The van der Waals surface area contributed by atoms with Gasteiger partial charge in [-0.25, -0.2) is 0 Å². The van der Waals surface area contributed by atoms with Crippen LogP contribution in [0.25, 0.3) is 0 Å². The lowest BCUT2D eigenvalue weighted by Crippen LogP contribution is -2.55. The molecule has 1 fully saturated rings. The van der Waals surface area contributed by atoms with Gasteiger partial charge < -0.3 is 28.4 Å². The van der Waals surface area contributed by atoms with Gasteiger partial charge in [-0.05, 0) is 56.2 Å². The lowest BCUT2D eigenvalue weighted by Gasteiger charge is -2.51. The Bertz CT molecular complexity index is 878. The molecular weight excluding hydrogens is 384 g/mol. The Morgan fingerprint density at radius 1 is 1.00 bits per heavy atom. The number of rotatable bonds is 6. The summed E-state index contributed by atoms with van der Waals surface area (Å²) in [6, 6.07) is 13.9. The second kappa shape index (κ2) is 8.10. The zero-order chi connectivity index (χ0) is 21.4. The summed E-state index contributed by atoms with van der Waals surface area (Å²) in [6.07, 6.45) is -0.155. The molecule has 3 atom stereocenters. The van der Waals surface area contributed by atoms with Crippen LogP contribution >= 0.6 is 0 Å². The summed E-state index contributed by atoms with van der Waals surface area (Å²) >= 11 is 0. The first-order valence-corrected chi connectivity index (χ1v) is 10.3. The molecule has 30 heavy (non-hydrogen) atoms. The molecule has 0 N–H and O–H groups in total. The molecule has 0 aromatic heterocycles. The van der Waals surface area contributed by atoms with Crippen molar-refractivity contribution in [3.8, 4) is 17.2 Å². The first-order valence-electron chi connectivity index (χ1n) is 10.3. The summed E-state index contributed by atoms with van der Waals surface area (Å²) in [5.74, 6) is 1.67. The van der Waals surface area contributed by atoms with Crippen molar-refractivity contribution in [2.45, 2.75) is 51.8 Å². The predicted octanol–water partition coefficient (Wildman–Crippen LogP) is 4.86. The molecule has 2 aliphatic heterocycles. The van der Waals surface area contributed by atoms with Crippen LogP contribution in [0.3, 0.4) is 0 Å². The minimum absolute atomic E-state index is 0.0572. The standard InChI is InChI=1S/C24H30O6/c1-16-22(18-8-11-20-21(12-18)28-15-27-20)29-23(2,3)30-24(16,4)14-26-13-17-6-9-19(25-5)10-7-17/h6-12,16,22H,13-15H2,1-5H3/t16-,22+,24+/m1/s1. The van der Waals surface area contributed by atoms with Crippen molar-refractivity contribution in [1.82, 2.24) is 0 Å². The van der Waals surface area contributed by atoms with E-state index in [1.807, 2.05) is 56.3 Å². The van der Waals surface area contributed by atoms with E-state index in [-0.39, 0.29) is 18.8 Å². The smallest absolute Gasteiger partial charge is 0.231 e. The minimum Gasteiger partial charge on any atom is -0.497 e. The van der Waals surface area contributed by atoms with Crippen LogP contribution in [0.4, 0.5) is 0 Å². The van der Waals surface area contributed by atoms with Crippen molar-refractivity contribution in [2.75, 3.05) is 20.5 Å². The summed E-state index contributed by atoms with van der Waals surface area (Å²) in [4.78, 5) is 0. The van der Waals surface area contributed by atoms with Gasteiger partial charge in [-0.15, -0.1) is 0 Å². The van der Waals surface area contributed by atoms with E-state index in [4.69, 9.17) is 28.4 Å². The molecule has 162 valence electrons. The van der Waals surface area contributed by atoms with Gasteiger partial charge in [-0.2, -0.15) is 0 Å². The van der Waals surface area contributed by atoms with Gasteiger partial charge in [0, 0.05) is 5.92 Å². The van der Waals surface area contributed by atoms with Gasteiger partial charge in [0.15, 0.2) is 17.3 Å². The number of hydrogen-bond acceptors (Lipinski definition) is 6. The fourth-order valence-electron chi connectivity index (χ4n) is 4.11. The van der Waals surface area contributed by atoms with Gasteiger partial charge in [0.2, 0.25) is 6.79 Å². The normalized spacial score (nSPS) is 27.1. The molecule has 0 radical (unpaired) electrons. The maximum Gasteiger partial charge on any atom is 0.231 e. The van der Waals surface area contributed by atoms with Gasteiger partial charge in [-0.1, -0.05) is 25.1 Å². The summed E-state index contributed by atoms with van der Waals surface area (Å²) in [5.41, 5.74) is 1.62. The lowest BCUT2D eigenvalue weighted by atomic mass is 9.81. The Labute approximate surface area is 178 Å². The molecule has 0 aliphatic carbocycles. The van der Waals surface area contributed by atoms with E-state index in [9.17, 15) is 0 Å². The molecule has 2 aromatic rings. The predicted molar refractivity (Wildman–Crippen MR) is 112 cm³/mol. The monoisotopic (exact) mass is 414 g/mol. The van der Waals surface area contributed by atoms with Gasteiger partial charge in [-0.3, -0.25) is 0 Å². The lowest BCUT2D eigenvalue weighted by molar-refractivity contribution is -0.361. The van der Waals surface area contributed by atoms with Crippen LogP contribution < -0.4 is 14.2 Å². The van der Waals surface area contributed by atoms with Gasteiger partial charge in [0.25, 0.3) is 0 Å². The van der Waals surface area contributed by atoms with Gasteiger partial charge >= 0.3 is 0 Å². The topological polar surface area (TPSA) is 55.4 Å². The molecular formula is C24H30O6. The van der Waals surface area contributed by atoms with Crippen LogP contribution in [0.1, 0.15) is 44.9 Å². The van der Waals surface area contributed by atoms with E-state index in [2.05, 4.69) is 13.8 Å². The summed E-state index contributed by atoms with van der Waals surface area (Å²) in [5, 5.41) is 0. The van der Waals surface area contributed by atoms with Crippen LogP contribution in [0, 0.1) is 5.92 Å². The van der Waals surface area contributed by atoms with Crippen molar-refractivity contribution in [3.05, 3.63) is 53.6 Å². The average Bonchev–Trinajstić information content (AvgIpc) is 3.19. The Hall–Kier alpha value is -2.28. The average molecular weight is 414 g/mol. The first kappa shape index (κ1) is 21.0. The van der Waals surface area contributed by atoms with Crippen LogP contribution in [-0.2, 0) is 20.8 Å². The first-order chi connectivity index (χ1) is 14.3. The molecule has 0 unspecified atom stereocenters. The number of methoxy groups -OCH3 is 1. The number of hydrogen-bond donors (Lipinski definition) is 0. The van der Waals surface area contributed by atoms with E-state index in [1.54, 1.807) is 7.11 Å². The molecule has 1 saturated heterocycles. The quantitative estimate of drug-likeness (QED) is 0.673. The van der Waals surface area contributed by atoms with Crippen molar-refractivity contribution < 1.29 is 28.4 Å². The minimum atomic E-state index is -0.744. The second-order valence-corrected chi connectivity index (χ2v) is 8.60. The maximum absolute atomic E-state index is 6.37. The third-order valence-electron chi connectivity index (χ3n) is 5.85. The van der Waals surface area contributed by atoms with Crippen LogP contribution in [-0.4, -0.2) is 31.9 Å². The molecule has 2 aromatic carbocycles. The highest BCUT2D eigenvalue weighted by Crippen LogP contribution is 2.47. The molecule has 0 saturated carbocycles. The van der Waals surface area contributed by atoms with E-state index < -0.39 is 11.4 Å². The number of benzene rings is 2. The fraction of sp³-hybridized carbons (Fsp3) is 0.500. The second-order valence-electron chi connectivity index (χ2n) is 8.60. The molecule has 0 spiro atoms. The molecule has 6 heteroatoms. The molecule has 0 bridgehead atoms. The summed E-state index contributed by atoms with van der Waals surface area (Å²) < 4.78 is 35.0. The summed E-state index contributed by atoms with van der Waals surface area (Å²) in [7, 11) is 1.66. The van der Waals surface area contributed by atoms with Crippen molar-refractivity contribution in [2.24, 2.45) is 5.92 Å². The van der Waals surface area contributed by atoms with Gasteiger partial charge in [0.05, 0.1) is 32.0 Å². The SMILES string of the molecule is COc1ccc(COC[C@]2(C)OC(C)(C)O[C@H](c3ccc4c(c3)OCO4)[C@H]2C)cc1. The Kier molecular flexibility index (Phi) is 5.66. The molecule has 0 amide bonds. The highest BCUT2D eigenvalue weighted by atomic mass is 16.7. The zero-order valence-corrected chi connectivity index (χ0v) is 18.3. The maximum atomic E-state index is 6.37. The number of ether oxygens (including phenoxy) is 6. The van der Waals surface area contributed by atoms with Crippen LogP contribution in [0.5, 0.6) is 17.2 Å². The summed E-state index contributed by atoms with van der Waals surface area (Å²) in [6.45, 7) is 9.34. The Balaban J connectivity index is 1.48. The van der Waals surface area contributed by atoms with Crippen molar-refractivity contribution in [1.29, 1.82) is 0 Å². The van der Waals surface area contributed by atoms with Crippen molar-refractivity contribution >= 4 is 0 Å². The molecule has 2 heterocycles. The van der Waals surface area contributed by atoms with Crippen molar-refractivity contribution in [3.63, 3.8) is 0 Å². The van der Waals surface area contributed by atoms with E-state index >= 15 is 0 Å². The van der Waals surface area contributed by atoms with Gasteiger partial charge in [0.1, 0.15) is 5.75 Å². The molecule has 2 aliphatic rings. The highest BCUT2D eigenvalue weighted by molar-refractivity contribution is 5.45. The van der Waals surface area contributed by atoms with Crippen LogP contribution in [0.15, 0.2) is 42.5 Å². The molecule has 4 rings (SSSR count). The number of fused-ring (bicyclic) bond motifs is 1. The van der Waals surface area contributed by atoms with E-state index in [0.717, 1.165) is 28.4 Å². The Morgan fingerprint density at radius 2 is 1.73 bits per heavy atom.